The number of amides is 1. The van der Waals surface area contributed by atoms with E-state index in [2.05, 4.69) is 0 Å². The van der Waals surface area contributed by atoms with E-state index in [-0.39, 0.29) is 23.9 Å². The molecule has 0 N–H and O–H groups in total. The molecule has 1 amide bonds. The van der Waals surface area contributed by atoms with Crippen molar-refractivity contribution in [2.24, 2.45) is 0 Å². The highest BCUT2D eigenvalue weighted by Gasteiger charge is 2.30. The number of carbonyl (C=O) groups is 1. The number of carbonyl (C=O) groups excluding carboxylic acids is 1. The van der Waals surface area contributed by atoms with Crippen LogP contribution in [-0.2, 0) is 14.8 Å². The lowest BCUT2D eigenvalue weighted by Gasteiger charge is -2.33. The lowest BCUT2D eigenvalue weighted by molar-refractivity contribution is -0.127. The Balaban J connectivity index is 1.40. The van der Waals surface area contributed by atoms with Gasteiger partial charge >= 0.3 is 0 Å². The zero-order valence-electron chi connectivity index (χ0n) is 15.1. The Hall–Kier alpha value is -2.36. The van der Waals surface area contributed by atoms with Crippen LogP contribution in [0.25, 0.3) is 6.08 Å². The molecule has 1 saturated heterocycles. The molecule has 2 aliphatic heterocycles. The van der Waals surface area contributed by atoms with Gasteiger partial charge in [0.15, 0.2) is 11.5 Å². The summed E-state index contributed by atoms with van der Waals surface area (Å²) in [5.74, 6) is 0.889. The summed E-state index contributed by atoms with van der Waals surface area (Å²) in [7, 11) is -3.65. The molecule has 4 rings (SSSR count). The van der Waals surface area contributed by atoms with Crippen LogP contribution in [0.3, 0.4) is 0 Å². The largest absolute Gasteiger partial charge is 0.486 e. The second-order valence-corrected chi connectivity index (χ2v) is 9.14. The highest BCUT2D eigenvalue weighted by molar-refractivity contribution is 7.89. The van der Waals surface area contributed by atoms with Gasteiger partial charge in [-0.1, -0.05) is 0 Å². The number of thiophene rings is 1. The van der Waals surface area contributed by atoms with E-state index in [0.29, 0.717) is 37.8 Å². The number of rotatable bonds is 4. The quantitative estimate of drug-likeness (QED) is 0.708. The topological polar surface area (TPSA) is 76.2 Å². The lowest BCUT2D eigenvalue weighted by Crippen LogP contribution is -2.50. The van der Waals surface area contributed by atoms with Gasteiger partial charge in [-0.15, -0.1) is 0 Å². The number of sulfonamides is 1. The maximum atomic E-state index is 12.9. The predicted molar refractivity (Wildman–Crippen MR) is 106 cm³/mol. The SMILES string of the molecule is O=C(C=Cc1ccsc1)N1CCN(S(=O)(=O)c2ccc3c(c2)OCCO3)CC1. The number of nitrogens with zero attached hydrogens (tertiary/aromatic N) is 2. The third kappa shape index (κ3) is 3.91. The minimum atomic E-state index is -3.65. The molecule has 0 bridgehead atoms. The van der Waals surface area contributed by atoms with Crippen LogP contribution in [0.1, 0.15) is 5.56 Å². The minimum Gasteiger partial charge on any atom is -0.486 e. The fraction of sp³-hybridized carbons (Fsp3) is 0.316. The molecule has 7 nitrogen and oxygen atoms in total. The summed E-state index contributed by atoms with van der Waals surface area (Å²) in [5, 5.41) is 3.91. The molecule has 0 unspecified atom stereocenters. The summed E-state index contributed by atoms with van der Waals surface area (Å²) >= 11 is 1.57. The van der Waals surface area contributed by atoms with E-state index < -0.39 is 10.0 Å². The Morgan fingerprint density at radius 1 is 1.04 bits per heavy atom. The second kappa shape index (κ2) is 7.94. The Morgan fingerprint density at radius 2 is 1.79 bits per heavy atom. The Morgan fingerprint density at radius 3 is 2.50 bits per heavy atom. The van der Waals surface area contributed by atoms with Gasteiger partial charge in [0, 0.05) is 38.3 Å². The van der Waals surface area contributed by atoms with Crippen molar-refractivity contribution in [3.8, 4) is 11.5 Å². The number of hydrogen-bond acceptors (Lipinski definition) is 6. The van der Waals surface area contributed by atoms with Crippen LogP contribution in [0, 0.1) is 0 Å². The number of ether oxygens (including phenoxy) is 2. The first kappa shape index (κ1) is 19.0. The molecule has 0 radical (unpaired) electrons. The van der Waals surface area contributed by atoms with Crippen molar-refractivity contribution in [1.82, 2.24) is 9.21 Å². The van der Waals surface area contributed by atoms with Crippen molar-refractivity contribution in [2.45, 2.75) is 4.90 Å². The summed E-state index contributed by atoms with van der Waals surface area (Å²) in [6.07, 6.45) is 3.31. The van der Waals surface area contributed by atoms with Gasteiger partial charge in [0.05, 0.1) is 4.90 Å². The smallest absolute Gasteiger partial charge is 0.246 e. The normalized spacial score (nSPS) is 17.8. The Labute approximate surface area is 167 Å². The van der Waals surface area contributed by atoms with Crippen molar-refractivity contribution in [3.63, 3.8) is 0 Å². The first-order valence-electron chi connectivity index (χ1n) is 8.93. The number of fused-ring (bicyclic) bond motifs is 1. The van der Waals surface area contributed by atoms with Crippen LogP contribution in [0.4, 0.5) is 0 Å². The molecule has 9 heteroatoms. The molecule has 1 aromatic carbocycles. The third-order valence-corrected chi connectivity index (χ3v) is 7.26. The predicted octanol–water partition coefficient (Wildman–Crippen LogP) is 2.07. The summed E-state index contributed by atoms with van der Waals surface area (Å²) in [4.78, 5) is 14.2. The molecule has 3 heterocycles. The van der Waals surface area contributed by atoms with E-state index in [1.807, 2.05) is 16.8 Å². The van der Waals surface area contributed by atoms with E-state index in [0.717, 1.165) is 5.56 Å². The van der Waals surface area contributed by atoms with Gasteiger partial charge < -0.3 is 14.4 Å². The van der Waals surface area contributed by atoms with Crippen LogP contribution < -0.4 is 9.47 Å². The highest BCUT2D eigenvalue weighted by Crippen LogP contribution is 2.33. The second-order valence-electron chi connectivity index (χ2n) is 6.42. The van der Waals surface area contributed by atoms with Gasteiger partial charge in [-0.05, 0) is 40.6 Å². The fourth-order valence-electron chi connectivity index (χ4n) is 3.12. The number of piperazine rings is 1. The first-order chi connectivity index (χ1) is 13.5. The van der Waals surface area contributed by atoms with E-state index in [1.165, 1.54) is 22.5 Å². The average Bonchev–Trinajstić information content (AvgIpc) is 3.25. The molecule has 0 aliphatic carbocycles. The van der Waals surface area contributed by atoms with Crippen LogP contribution in [0.5, 0.6) is 11.5 Å². The average molecular weight is 421 g/mol. The zero-order valence-corrected chi connectivity index (χ0v) is 16.7. The maximum Gasteiger partial charge on any atom is 0.246 e. The molecule has 2 aromatic rings. The number of hydrogen-bond donors (Lipinski definition) is 0. The molecule has 148 valence electrons. The summed E-state index contributed by atoms with van der Waals surface area (Å²) < 4.78 is 38.2. The summed E-state index contributed by atoms with van der Waals surface area (Å²) in [6.45, 7) is 2.09. The van der Waals surface area contributed by atoms with Crippen LogP contribution >= 0.6 is 11.3 Å². The van der Waals surface area contributed by atoms with Crippen LogP contribution in [0.2, 0.25) is 0 Å². The highest BCUT2D eigenvalue weighted by atomic mass is 32.2. The van der Waals surface area contributed by atoms with E-state index >= 15 is 0 Å². The Bertz CT molecular complexity index is 978. The van der Waals surface area contributed by atoms with Gasteiger partial charge in [0.2, 0.25) is 15.9 Å². The first-order valence-corrected chi connectivity index (χ1v) is 11.3. The standard InChI is InChI=1S/C19H20N2O5S2/c22-19(4-1-15-5-12-27-14-15)20-6-8-21(9-7-20)28(23,24)16-2-3-17-18(13-16)26-11-10-25-17/h1-5,12-14H,6-11H2. The summed E-state index contributed by atoms with van der Waals surface area (Å²) in [5.41, 5.74) is 0.984. The van der Waals surface area contributed by atoms with E-state index in [4.69, 9.17) is 9.47 Å². The molecule has 0 spiro atoms. The van der Waals surface area contributed by atoms with Gasteiger partial charge in [0.1, 0.15) is 13.2 Å². The van der Waals surface area contributed by atoms with Crippen molar-refractivity contribution in [2.75, 3.05) is 39.4 Å². The molecule has 1 fully saturated rings. The zero-order chi connectivity index (χ0) is 19.6. The van der Waals surface area contributed by atoms with Gasteiger partial charge in [-0.25, -0.2) is 8.42 Å². The molecule has 0 atom stereocenters. The molecule has 0 saturated carbocycles. The maximum absolute atomic E-state index is 12.9. The fourth-order valence-corrected chi connectivity index (χ4v) is 5.19. The van der Waals surface area contributed by atoms with Crippen LogP contribution in [0.15, 0.2) is 46.0 Å². The van der Waals surface area contributed by atoms with Gasteiger partial charge in [-0.2, -0.15) is 15.6 Å². The van der Waals surface area contributed by atoms with E-state index in [9.17, 15) is 13.2 Å². The molecule has 2 aliphatic rings. The van der Waals surface area contributed by atoms with Crippen molar-refractivity contribution in [1.29, 1.82) is 0 Å². The lowest BCUT2D eigenvalue weighted by atomic mass is 10.3. The van der Waals surface area contributed by atoms with Crippen molar-refractivity contribution in [3.05, 3.63) is 46.7 Å². The molecular formula is C19H20N2O5S2. The third-order valence-electron chi connectivity index (χ3n) is 4.66. The van der Waals surface area contributed by atoms with Crippen LogP contribution in [-0.4, -0.2) is 62.9 Å². The monoisotopic (exact) mass is 420 g/mol. The minimum absolute atomic E-state index is 0.109. The summed E-state index contributed by atoms with van der Waals surface area (Å²) in [6, 6.07) is 6.59. The number of benzene rings is 1. The van der Waals surface area contributed by atoms with Crippen molar-refractivity contribution >= 4 is 33.3 Å². The molecule has 28 heavy (non-hydrogen) atoms. The molecular weight excluding hydrogens is 400 g/mol. The van der Waals surface area contributed by atoms with Gasteiger partial charge in [-0.3, -0.25) is 4.79 Å². The molecule has 1 aromatic heterocycles. The van der Waals surface area contributed by atoms with Crippen molar-refractivity contribution < 1.29 is 22.7 Å². The Kier molecular flexibility index (Phi) is 5.38. The van der Waals surface area contributed by atoms with Gasteiger partial charge in [0.25, 0.3) is 0 Å². The van der Waals surface area contributed by atoms with E-state index in [1.54, 1.807) is 28.4 Å².